The Morgan fingerprint density at radius 1 is 0.939 bits per heavy atom. The van der Waals surface area contributed by atoms with Crippen LogP contribution in [-0.2, 0) is 0 Å². The molecule has 0 fully saturated rings. The summed E-state index contributed by atoms with van der Waals surface area (Å²) in [4.78, 5) is 17.6. The van der Waals surface area contributed by atoms with Gasteiger partial charge in [0.1, 0.15) is 17.2 Å². The number of methoxy groups -OCH3 is 2. The molecule has 1 N–H and O–H groups in total. The maximum absolute atomic E-state index is 13.1. The molecule has 0 aliphatic heterocycles. The number of hydrogen-bond donors (Lipinski definition) is 1. The van der Waals surface area contributed by atoms with Gasteiger partial charge in [-0.25, -0.2) is 4.98 Å². The van der Waals surface area contributed by atoms with Crippen LogP contribution in [0.3, 0.4) is 0 Å². The largest absolute Gasteiger partial charge is 0.497 e. The molecule has 0 atom stereocenters. The SMILES string of the molecule is CCOc1ccccc1NC(=O)c1ccccc1-c1ncc(-c2ccc(OC)cc2OC)o1. The molecule has 0 aliphatic carbocycles. The van der Waals surface area contributed by atoms with Crippen molar-refractivity contribution in [2.24, 2.45) is 0 Å². The van der Waals surface area contributed by atoms with Crippen LogP contribution in [0.5, 0.6) is 17.2 Å². The van der Waals surface area contributed by atoms with E-state index in [1.165, 1.54) is 0 Å². The molecule has 33 heavy (non-hydrogen) atoms. The average molecular weight is 444 g/mol. The number of anilines is 1. The van der Waals surface area contributed by atoms with Gasteiger partial charge < -0.3 is 23.9 Å². The molecule has 168 valence electrons. The van der Waals surface area contributed by atoms with Crippen molar-refractivity contribution in [1.29, 1.82) is 0 Å². The third-order valence-electron chi connectivity index (χ3n) is 5.02. The predicted molar refractivity (Wildman–Crippen MR) is 126 cm³/mol. The standard InChI is InChI=1S/C26H24N2O5/c1-4-32-22-12-8-7-11-21(22)28-25(29)18-9-5-6-10-19(18)26-27-16-24(33-26)20-14-13-17(30-2)15-23(20)31-3/h5-16H,4H2,1-3H3,(H,28,29). The highest BCUT2D eigenvalue weighted by Gasteiger charge is 2.19. The van der Waals surface area contributed by atoms with E-state index in [0.717, 1.165) is 5.56 Å². The molecule has 0 unspecified atom stereocenters. The van der Waals surface area contributed by atoms with E-state index >= 15 is 0 Å². The van der Waals surface area contributed by atoms with Crippen LogP contribution >= 0.6 is 0 Å². The number of oxazole rings is 1. The summed E-state index contributed by atoms with van der Waals surface area (Å²) >= 11 is 0. The van der Waals surface area contributed by atoms with Gasteiger partial charge in [-0.2, -0.15) is 0 Å². The van der Waals surface area contributed by atoms with Gasteiger partial charge in [-0.15, -0.1) is 0 Å². The van der Waals surface area contributed by atoms with E-state index in [1.807, 2.05) is 43.3 Å². The van der Waals surface area contributed by atoms with Crippen LogP contribution < -0.4 is 19.5 Å². The number of ether oxygens (including phenoxy) is 3. The van der Waals surface area contributed by atoms with Crippen LogP contribution in [0.15, 0.2) is 77.3 Å². The number of carbonyl (C=O) groups excluding carboxylic acids is 1. The van der Waals surface area contributed by atoms with E-state index in [0.29, 0.717) is 52.3 Å². The number of aromatic nitrogens is 1. The number of rotatable bonds is 8. The van der Waals surface area contributed by atoms with Crippen molar-refractivity contribution in [3.63, 3.8) is 0 Å². The summed E-state index contributed by atoms with van der Waals surface area (Å²) in [5.41, 5.74) is 2.32. The van der Waals surface area contributed by atoms with Crippen LogP contribution in [0.1, 0.15) is 17.3 Å². The minimum atomic E-state index is -0.292. The molecular weight excluding hydrogens is 420 g/mol. The van der Waals surface area contributed by atoms with Crippen LogP contribution in [0.4, 0.5) is 5.69 Å². The van der Waals surface area contributed by atoms with Crippen molar-refractivity contribution in [3.05, 3.63) is 78.5 Å². The topological polar surface area (TPSA) is 82.8 Å². The molecule has 7 nitrogen and oxygen atoms in total. The minimum absolute atomic E-state index is 0.292. The fraction of sp³-hybridized carbons (Fsp3) is 0.154. The van der Waals surface area contributed by atoms with E-state index in [4.69, 9.17) is 18.6 Å². The van der Waals surface area contributed by atoms with Crippen molar-refractivity contribution in [2.45, 2.75) is 6.92 Å². The number of benzene rings is 3. The number of amides is 1. The second-order valence-electron chi connectivity index (χ2n) is 7.02. The zero-order valence-corrected chi connectivity index (χ0v) is 18.6. The molecule has 1 amide bonds. The lowest BCUT2D eigenvalue weighted by Crippen LogP contribution is -2.14. The summed E-state index contributed by atoms with van der Waals surface area (Å²) in [6, 6.07) is 19.9. The highest BCUT2D eigenvalue weighted by molar-refractivity contribution is 6.08. The number of carbonyl (C=O) groups is 1. The fourth-order valence-corrected chi connectivity index (χ4v) is 3.43. The van der Waals surface area contributed by atoms with Crippen molar-refractivity contribution in [2.75, 3.05) is 26.1 Å². The second-order valence-corrected chi connectivity index (χ2v) is 7.02. The van der Waals surface area contributed by atoms with Gasteiger partial charge in [0.15, 0.2) is 5.76 Å². The molecule has 1 aromatic heterocycles. The van der Waals surface area contributed by atoms with Crippen LogP contribution in [0.25, 0.3) is 22.8 Å². The Morgan fingerprint density at radius 2 is 1.73 bits per heavy atom. The third-order valence-corrected chi connectivity index (χ3v) is 5.02. The van der Waals surface area contributed by atoms with Gasteiger partial charge in [0.25, 0.3) is 5.91 Å². The Bertz CT molecular complexity index is 1270. The maximum Gasteiger partial charge on any atom is 0.256 e. The second kappa shape index (κ2) is 9.91. The van der Waals surface area contributed by atoms with Gasteiger partial charge in [-0.1, -0.05) is 24.3 Å². The smallest absolute Gasteiger partial charge is 0.256 e. The highest BCUT2D eigenvalue weighted by Crippen LogP contribution is 2.36. The van der Waals surface area contributed by atoms with Crippen molar-refractivity contribution < 1.29 is 23.4 Å². The Hall–Kier alpha value is -4.26. The van der Waals surface area contributed by atoms with Gasteiger partial charge in [-0.05, 0) is 43.3 Å². The van der Waals surface area contributed by atoms with Crippen LogP contribution in [0, 0.1) is 0 Å². The fourth-order valence-electron chi connectivity index (χ4n) is 3.43. The normalized spacial score (nSPS) is 10.5. The number of nitrogens with zero attached hydrogens (tertiary/aromatic N) is 1. The Morgan fingerprint density at radius 3 is 2.52 bits per heavy atom. The average Bonchev–Trinajstić information content (AvgIpc) is 3.35. The quantitative estimate of drug-likeness (QED) is 0.377. The Kier molecular flexibility index (Phi) is 6.59. The summed E-state index contributed by atoms with van der Waals surface area (Å²) in [5, 5.41) is 2.92. The third kappa shape index (κ3) is 4.67. The molecule has 0 saturated carbocycles. The lowest BCUT2D eigenvalue weighted by Gasteiger charge is -2.12. The summed E-state index contributed by atoms with van der Waals surface area (Å²) in [6.45, 7) is 2.39. The highest BCUT2D eigenvalue weighted by atomic mass is 16.5. The summed E-state index contributed by atoms with van der Waals surface area (Å²) in [5.74, 6) is 2.42. The lowest BCUT2D eigenvalue weighted by molar-refractivity contribution is 0.102. The van der Waals surface area contributed by atoms with Crippen LogP contribution in [-0.4, -0.2) is 31.7 Å². The molecule has 0 radical (unpaired) electrons. The van der Waals surface area contributed by atoms with Gasteiger partial charge in [0.05, 0.1) is 43.8 Å². The van der Waals surface area contributed by atoms with E-state index in [2.05, 4.69) is 10.3 Å². The predicted octanol–water partition coefficient (Wildman–Crippen LogP) is 5.68. The molecule has 0 bridgehead atoms. The molecule has 0 saturated heterocycles. The zero-order chi connectivity index (χ0) is 23.2. The Labute approximate surface area is 191 Å². The van der Waals surface area contributed by atoms with Gasteiger partial charge in [0, 0.05) is 11.6 Å². The number of nitrogens with one attached hydrogen (secondary N) is 1. The first-order valence-electron chi connectivity index (χ1n) is 10.5. The molecule has 0 spiro atoms. The first kappa shape index (κ1) is 22.0. The molecule has 1 heterocycles. The monoisotopic (exact) mass is 444 g/mol. The van der Waals surface area contributed by atoms with E-state index in [1.54, 1.807) is 50.7 Å². The molecular formula is C26H24N2O5. The van der Waals surface area contributed by atoms with Gasteiger partial charge >= 0.3 is 0 Å². The summed E-state index contributed by atoms with van der Waals surface area (Å²) < 4.78 is 22.4. The summed E-state index contributed by atoms with van der Waals surface area (Å²) in [7, 11) is 3.17. The Balaban J connectivity index is 1.66. The molecule has 3 aromatic carbocycles. The van der Waals surface area contributed by atoms with Crippen LogP contribution in [0.2, 0.25) is 0 Å². The maximum atomic E-state index is 13.1. The molecule has 7 heteroatoms. The van der Waals surface area contributed by atoms with Crippen molar-refractivity contribution in [3.8, 4) is 40.0 Å². The zero-order valence-electron chi connectivity index (χ0n) is 18.6. The summed E-state index contributed by atoms with van der Waals surface area (Å²) in [6.07, 6.45) is 1.61. The van der Waals surface area contributed by atoms with Gasteiger partial charge in [0.2, 0.25) is 5.89 Å². The molecule has 0 aliphatic rings. The van der Waals surface area contributed by atoms with Gasteiger partial charge in [-0.3, -0.25) is 4.79 Å². The first-order chi connectivity index (χ1) is 16.1. The molecule has 4 rings (SSSR count). The number of para-hydroxylation sites is 2. The minimum Gasteiger partial charge on any atom is -0.497 e. The van der Waals surface area contributed by atoms with E-state index in [-0.39, 0.29) is 5.91 Å². The first-order valence-corrected chi connectivity index (χ1v) is 10.5. The molecule has 4 aromatic rings. The van der Waals surface area contributed by atoms with E-state index < -0.39 is 0 Å². The van der Waals surface area contributed by atoms with E-state index in [9.17, 15) is 4.79 Å². The number of hydrogen-bond acceptors (Lipinski definition) is 6. The lowest BCUT2D eigenvalue weighted by atomic mass is 10.1. The van der Waals surface area contributed by atoms with Crippen molar-refractivity contribution >= 4 is 11.6 Å². The van der Waals surface area contributed by atoms with Crippen molar-refractivity contribution in [1.82, 2.24) is 4.98 Å².